The van der Waals surface area contributed by atoms with Gasteiger partial charge in [0, 0.05) is 49.3 Å². The minimum atomic E-state index is -1.73. The molecule has 21 heteroatoms. The molecule has 4 aromatic rings. The van der Waals surface area contributed by atoms with Crippen LogP contribution in [0.4, 0.5) is 21.0 Å². The van der Waals surface area contributed by atoms with Gasteiger partial charge in [0.1, 0.15) is 24.7 Å². The van der Waals surface area contributed by atoms with Gasteiger partial charge in [0.15, 0.2) is 6.10 Å². The molecule has 4 aromatic carbocycles. The van der Waals surface area contributed by atoms with Gasteiger partial charge in [-0.2, -0.15) is 0 Å². The highest BCUT2D eigenvalue weighted by Crippen LogP contribution is 2.45. The summed E-state index contributed by atoms with van der Waals surface area (Å²) in [5.41, 5.74) is 3.94. The van der Waals surface area contributed by atoms with Crippen LogP contribution in [0.15, 0.2) is 91.0 Å². The standard InChI is InChI=1S/C45H43N3O18/c1-61-42(56)41-32(20-39(52)53)31(19-38(50)51)33(21-40(54)55)43(66-41)65-36-15-10-24(22-63-45(58)64-26-13-11-25(12-14-26)48(59)60)18-35(36)47-37(49)16-17-46-44(57)62-23-34-29-8-4-2-6-27(29)28-7-3-5-9-30(28)34/h2-15,18,31-34,41,43H,16-17,19-23H2,1H3,(H,46,57)(H,47,49)(H,50,51)(H,52,53)(H,54,55)/t31-,32-,33+,41-,43+/m0/s1. The Morgan fingerprint density at radius 3 is 1.97 bits per heavy atom. The Balaban J connectivity index is 1.18. The smallest absolute Gasteiger partial charge is 0.481 e. The highest BCUT2D eigenvalue weighted by Gasteiger charge is 2.52. The number of non-ortho nitro benzene ring substituents is 1. The number of amides is 2. The number of rotatable bonds is 19. The Bertz CT molecular complexity index is 2450. The van der Waals surface area contributed by atoms with Gasteiger partial charge in [0.25, 0.3) is 5.69 Å². The second kappa shape index (κ2) is 21.5. The molecule has 6 rings (SSSR count). The molecule has 1 saturated heterocycles. The van der Waals surface area contributed by atoms with Crippen LogP contribution in [-0.4, -0.2) is 94.9 Å². The second-order valence-electron chi connectivity index (χ2n) is 15.1. The van der Waals surface area contributed by atoms with E-state index in [1.165, 1.54) is 30.3 Å². The molecule has 0 saturated carbocycles. The number of hydrogen-bond donors (Lipinski definition) is 5. The normalized spacial score (nSPS) is 18.3. The molecule has 0 aromatic heterocycles. The summed E-state index contributed by atoms with van der Waals surface area (Å²) in [6.07, 6.45) is -8.12. The maximum absolute atomic E-state index is 13.4. The fraction of sp³-hybridized carbons (Fsp3) is 0.311. The SMILES string of the molecule is COC(=O)[C@H]1O[C@@H](Oc2ccc(COC(=O)Oc3ccc([N+](=O)[O-])cc3)cc2NC(=O)CCNC(=O)OCC2c3ccccc3-c3ccccc32)[C@H](CC(=O)O)[C@@H](CC(=O)O)[C@@H]1CC(=O)O. The number of carboxylic acids is 3. The lowest BCUT2D eigenvalue weighted by Gasteiger charge is -2.44. The third-order valence-corrected chi connectivity index (χ3v) is 10.9. The number of hydrogen-bond acceptors (Lipinski definition) is 15. The van der Waals surface area contributed by atoms with E-state index in [0.29, 0.717) is 0 Å². The van der Waals surface area contributed by atoms with Crippen molar-refractivity contribution in [2.45, 2.75) is 50.6 Å². The number of esters is 1. The lowest BCUT2D eigenvalue weighted by atomic mass is 9.71. The third kappa shape index (κ3) is 11.9. The van der Waals surface area contributed by atoms with Gasteiger partial charge in [-0.05, 0) is 58.0 Å². The van der Waals surface area contributed by atoms with Crippen LogP contribution in [-0.2, 0) is 49.5 Å². The summed E-state index contributed by atoms with van der Waals surface area (Å²) < 4.78 is 32.7. The van der Waals surface area contributed by atoms with Crippen LogP contribution >= 0.6 is 0 Å². The van der Waals surface area contributed by atoms with Gasteiger partial charge >= 0.3 is 36.1 Å². The number of alkyl carbamates (subject to hydrolysis) is 1. The summed E-state index contributed by atoms with van der Waals surface area (Å²) in [6, 6.07) is 24.1. The quantitative estimate of drug-likeness (QED) is 0.0247. The molecule has 0 unspecified atom stereocenters. The largest absolute Gasteiger partial charge is 0.514 e. The zero-order valence-electron chi connectivity index (χ0n) is 35.0. The number of anilines is 1. The number of carbonyl (C=O) groups is 7. The van der Waals surface area contributed by atoms with Crippen LogP contribution in [0.2, 0.25) is 0 Å². The fourth-order valence-electron chi connectivity index (χ4n) is 8.00. The van der Waals surface area contributed by atoms with E-state index in [1.807, 2.05) is 48.5 Å². The molecule has 5 N–H and O–H groups in total. The first-order chi connectivity index (χ1) is 31.6. The molecule has 1 aliphatic heterocycles. The second-order valence-corrected chi connectivity index (χ2v) is 15.1. The van der Waals surface area contributed by atoms with Crippen LogP contribution in [0, 0.1) is 27.9 Å². The fourth-order valence-corrected chi connectivity index (χ4v) is 8.00. The van der Waals surface area contributed by atoms with Crippen molar-refractivity contribution < 1.29 is 82.2 Å². The van der Waals surface area contributed by atoms with Crippen LogP contribution in [0.3, 0.4) is 0 Å². The van der Waals surface area contributed by atoms with Crippen LogP contribution in [0.1, 0.15) is 48.3 Å². The van der Waals surface area contributed by atoms with Crippen molar-refractivity contribution in [1.82, 2.24) is 5.32 Å². The van der Waals surface area contributed by atoms with Crippen molar-refractivity contribution in [3.05, 3.63) is 118 Å². The van der Waals surface area contributed by atoms with Gasteiger partial charge in [-0.15, -0.1) is 0 Å². The van der Waals surface area contributed by atoms with E-state index in [-0.39, 0.29) is 53.9 Å². The number of nitrogens with zero attached hydrogens (tertiary/aromatic N) is 1. The topological polar surface area (TPSA) is 303 Å². The minimum absolute atomic E-state index is 0.0242. The third-order valence-electron chi connectivity index (χ3n) is 10.9. The first kappa shape index (κ1) is 47.4. The number of aliphatic carboxylic acids is 3. The number of nitro benzene ring substituents is 1. The Labute approximate surface area is 374 Å². The summed E-state index contributed by atoms with van der Waals surface area (Å²) in [5, 5.41) is 45.5. The summed E-state index contributed by atoms with van der Waals surface area (Å²) in [6.45, 7) is -0.650. The number of benzene rings is 4. The summed E-state index contributed by atoms with van der Waals surface area (Å²) in [7, 11) is 0.994. The molecule has 66 heavy (non-hydrogen) atoms. The first-order valence-corrected chi connectivity index (χ1v) is 20.3. The van der Waals surface area contributed by atoms with Crippen molar-refractivity contribution in [3.63, 3.8) is 0 Å². The van der Waals surface area contributed by atoms with Gasteiger partial charge in [0.05, 0.1) is 30.6 Å². The number of carbonyl (C=O) groups excluding carboxylic acids is 4. The van der Waals surface area contributed by atoms with Crippen molar-refractivity contribution in [2.24, 2.45) is 17.8 Å². The molecule has 2 aliphatic rings. The van der Waals surface area contributed by atoms with E-state index in [2.05, 4.69) is 10.6 Å². The van der Waals surface area contributed by atoms with Crippen molar-refractivity contribution in [2.75, 3.05) is 25.6 Å². The molecule has 1 aliphatic carbocycles. The average Bonchev–Trinajstić information content (AvgIpc) is 3.60. The Hall–Kier alpha value is -8.07. The first-order valence-electron chi connectivity index (χ1n) is 20.3. The predicted octanol–water partition coefficient (Wildman–Crippen LogP) is 5.73. The Morgan fingerprint density at radius 1 is 0.758 bits per heavy atom. The van der Waals surface area contributed by atoms with Crippen molar-refractivity contribution >= 4 is 53.4 Å². The average molecular weight is 914 g/mol. The van der Waals surface area contributed by atoms with Crippen molar-refractivity contribution in [3.8, 4) is 22.6 Å². The van der Waals surface area contributed by atoms with E-state index in [1.54, 1.807) is 0 Å². The highest BCUT2D eigenvalue weighted by atomic mass is 16.7. The van der Waals surface area contributed by atoms with E-state index >= 15 is 0 Å². The molecule has 1 fully saturated rings. The van der Waals surface area contributed by atoms with E-state index in [9.17, 15) is 59.0 Å². The zero-order valence-corrected chi connectivity index (χ0v) is 35.0. The molecule has 346 valence electrons. The van der Waals surface area contributed by atoms with E-state index in [0.717, 1.165) is 41.5 Å². The number of carboxylic acid groups (broad SMARTS) is 3. The number of nitro groups is 1. The lowest BCUT2D eigenvalue weighted by molar-refractivity contribution is -0.384. The molecule has 5 atom stereocenters. The molecular formula is C45H43N3O18. The maximum atomic E-state index is 13.4. The van der Waals surface area contributed by atoms with E-state index < -0.39 is 103 Å². The van der Waals surface area contributed by atoms with Crippen LogP contribution in [0.25, 0.3) is 11.1 Å². The Morgan fingerprint density at radius 2 is 1.36 bits per heavy atom. The minimum Gasteiger partial charge on any atom is -0.481 e. The maximum Gasteiger partial charge on any atom is 0.514 e. The van der Waals surface area contributed by atoms with Gasteiger partial charge in [-0.25, -0.2) is 14.4 Å². The van der Waals surface area contributed by atoms with Gasteiger partial charge in [-0.1, -0.05) is 54.6 Å². The van der Waals surface area contributed by atoms with Gasteiger partial charge in [0.2, 0.25) is 12.2 Å². The molecule has 0 spiro atoms. The van der Waals surface area contributed by atoms with E-state index in [4.69, 9.17) is 28.4 Å². The van der Waals surface area contributed by atoms with Crippen LogP contribution in [0.5, 0.6) is 11.5 Å². The summed E-state index contributed by atoms with van der Waals surface area (Å²) in [5.74, 6) is -10.6. The number of ether oxygens (including phenoxy) is 6. The molecule has 0 radical (unpaired) electrons. The van der Waals surface area contributed by atoms with Crippen LogP contribution < -0.4 is 20.1 Å². The monoisotopic (exact) mass is 913 g/mol. The number of fused-ring (bicyclic) bond motifs is 3. The van der Waals surface area contributed by atoms with Crippen molar-refractivity contribution in [1.29, 1.82) is 0 Å². The number of nitrogens with one attached hydrogen (secondary N) is 2. The summed E-state index contributed by atoms with van der Waals surface area (Å²) in [4.78, 5) is 98.2. The number of methoxy groups -OCH3 is 1. The zero-order chi connectivity index (χ0) is 47.5. The highest BCUT2D eigenvalue weighted by molar-refractivity contribution is 5.92. The molecule has 21 nitrogen and oxygen atoms in total. The molecular weight excluding hydrogens is 870 g/mol. The lowest BCUT2D eigenvalue weighted by Crippen LogP contribution is -2.54. The molecule has 1 heterocycles. The Kier molecular flexibility index (Phi) is 15.5. The predicted molar refractivity (Wildman–Crippen MR) is 225 cm³/mol. The summed E-state index contributed by atoms with van der Waals surface area (Å²) >= 11 is 0. The van der Waals surface area contributed by atoms with Gasteiger partial charge < -0.3 is 54.4 Å². The molecule has 2 amide bonds. The van der Waals surface area contributed by atoms with Gasteiger partial charge in [-0.3, -0.25) is 29.3 Å². The molecule has 0 bridgehead atoms.